The fourth-order valence-electron chi connectivity index (χ4n) is 3.68. The number of likely N-dealkylation sites (tertiary alicyclic amines) is 1. The number of urea groups is 1. The number of pyridine rings is 1. The topological polar surface area (TPSA) is 95.6 Å². The van der Waals surface area contributed by atoms with Crippen LogP contribution >= 0.6 is 11.6 Å². The first-order valence-corrected chi connectivity index (χ1v) is 10.7. The van der Waals surface area contributed by atoms with Gasteiger partial charge in [0, 0.05) is 48.0 Å². The van der Waals surface area contributed by atoms with Crippen molar-refractivity contribution in [2.45, 2.75) is 18.4 Å². The monoisotopic (exact) mass is 463 g/mol. The number of ether oxygens (including phenoxy) is 1. The third-order valence-electron chi connectivity index (χ3n) is 5.27. The van der Waals surface area contributed by atoms with Gasteiger partial charge >= 0.3 is 6.03 Å². The molecule has 2 aromatic rings. The Kier molecular flexibility index (Phi) is 8.64. The second kappa shape index (κ2) is 11.6. The molecule has 32 heavy (non-hydrogen) atoms. The molecule has 3 N–H and O–H groups in total. The van der Waals surface area contributed by atoms with Crippen molar-refractivity contribution in [2.24, 2.45) is 0 Å². The van der Waals surface area contributed by atoms with Gasteiger partial charge in [-0.1, -0.05) is 11.6 Å². The number of hydrogen-bond acceptors (Lipinski definition) is 5. The summed E-state index contributed by atoms with van der Waals surface area (Å²) in [7, 11) is 1.57. The highest BCUT2D eigenvalue weighted by atomic mass is 35.5. The van der Waals surface area contributed by atoms with Crippen LogP contribution in [0.1, 0.15) is 18.0 Å². The molecule has 0 spiro atoms. The van der Waals surface area contributed by atoms with Gasteiger partial charge in [0.1, 0.15) is 12.4 Å². The van der Waals surface area contributed by atoms with Gasteiger partial charge in [-0.25, -0.2) is 9.18 Å². The van der Waals surface area contributed by atoms with E-state index in [-0.39, 0.29) is 37.0 Å². The molecule has 10 heteroatoms. The summed E-state index contributed by atoms with van der Waals surface area (Å²) in [6.45, 7) is 0.705. The van der Waals surface area contributed by atoms with Crippen LogP contribution in [0, 0.1) is 0 Å². The van der Waals surface area contributed by atoms with Crippen LogP contribution in [0.15, 0.2) is 42.6 Å². The lowest BCUT2D eigenvalue weighted by atomic mass is 9.88. The van der Waals surface area contributed by atoms with Gasteiger partial charge in [0.25, 0.3) is 0 Å². The largest absolute Gasteiger partial charge is 0.495 e. The normalized spacial score (nSPS) is 18.6. The van der Waals surface area contributed by atoms with Crippen molar-refractivity contribution < 1.29 is 18.7 Å². The Hall–Kier alpha value is -2.91. The van der Waals surface area contributed by atoms with E-state index in [1.807, 2.05) is 17.0 Å². The molecule has 1 aliphatic rings. The Labute approximate surface area is 191 Å². The van der Waals surface area contributed by atoms with Crippen molar-refractivity contribution in [1.29, 1.82) is 0 Å². The quantitative estimate of drug-likeness (QED) is 0.559. The highest BCUT2D eigenvalue weighted by Gasteiger charge is 2.33. The van der Waals surface area contributed by atoms with Crippen molar-refractivity contribution in [2.75, 3.05) is 45.3 Å². The molecule has 2 atom stereocenters. The van der Waals surface area contributed by atoms with Crippen LogP contribution in [0.5, 0.6) is 5.75 Å². The van der Waals surface area contributed by atoms with Crippen molar-refractivity contribution in [1.82, 2.24) is 20.5 Å². The third-order valence-corrected chi connectivity index (χ3v) is 5.53. The molecule has 1 saturated heterocycles. The number of nitrogens with zero attached hydrogens (tertiary/aromatic N) is 2. The second-order valence-corrected chi connectivity index (χ2v) is 7.94. The van der Waals surface area contributed by atoms with Crippen molar-refractivity contribution >= 4 is 29.2 Å². The van der Waals surface area contributed by atoms with E-state index in [0.717, 1.165) is 5.69 Å². The second-order valence-electron chi connectivity index (χ2n) is 7.50. The number of carbonyl (C=O) groups is 2. The number of amides is 3. The van der Waals surface area contributed by atoms with Gasteiger partial charge < -0.3 is 20.7 Å². The molecule has 172 valence electrons. The number of aromatic nitrogens is 1. The van der Waals surface area contributed by atoms with Crippen molar-refractivity contribution in [3.8, 4) is 5.75 Å². The van der Waals surface area contributed by atoms with Gasteiger partial charge in [0.15, 0.2) is 0 Å². The Bertz CT molecular complexity index is 897. The lowest BCUT2D eigenvalue weighted by molar-refractivity contribution is -0.122. The van der Waals surface area contributed by atoms with Gasteiger partial charge in [-0.2, -0.15) is 0 Å². The van der Waals surface area contributed by atoms with Crippen LogP contribution in [-0.4, -0.2) is 67.8 Å². The number of hydrogen-bond donors (Lipinski definition) is 3. The van der Waals surface area contributed by atoms with E-state index in [0.29, 0.717) is 36.0 Å². The zero-order chi connectivity index (χ0) is 22.9. The number of carbonyl (C=O) groups excluding carboxylic acids is 2. The van der Waals surface area contributed by atoms with Crippen molar-refractivity contribution in [3.05, 3.63) is 53.3 Å². The first-order valence-electron chi connectivity index (χ1n) is 10.4. The average molecular weight is 464 g/mol. The zero-order valence-corrected chi connectivity index (χ0v) is 18.6. The molecule has 8 nitrogen and oxygen atoms in total. The summed E-state index contributed by atoms with van der Waals surface area (Å²) in [5, 5.41) is 8.98. The maximum Gasteiger partial charge on any atom is 0.319 e. The SMILES string of the molecule is COc1ccc(C2CN(CC(=O)NCCF)CCC2NC(=O)Nc2ccc(Cl)cc2)nc1. The first-order chi connectivity index (χ1) is 15.5. The van der Waals surface area contributed by atoms with E-state index in [9.17, 15) is 14.0 Å². The predicted octanol–water partition coefficient (Wildman–Crippen LogP) is 2.81. The zero-order valence-electron chi connectivity index (χ0n) is 17.8. The Morgan fingerprint density at radius 1 is 1.25 bits per heavy atom. The number of methoxy groups -OCH3 is 1. The van der Waals surface area contributed by atoms with Crippen LogP contribution in [0.2, 0.25) is 5.02 Å². The van der Waals surface area contributed by atoms with Crippen LogP contribution in [0.25, 0.3) is 0 Å². The summed E-state index contributed by atoms with van der Waals surface area (Å²) in [4.78, 5) is 31.1. The van der Waals surface area contributed by atoms with E-state index in [4.69, 9.17) is 16.3 Å². The molecule has 0 saturated carbocycles. The summed E-state index contributed by atoms with van der Waals surface area (Å²) < 4.78 is 17.5. The number of benzene rings is 1. The highest BCUT2D eigenvalue weighted by molar-refractivity contribution is 6.30. The molecule has 1 aliphatic heterocycles. The first kappa shape index (κ1) is 23.7. The van der Waals surface area contributed by atoms with Gasteiger partial charge in [-0.15, -0.1) is 0 Å². The maximum atomic E-state index is 12.6. The van der Waals surface area contributed by atoms with Crippen LogP contribution in [-0.2, 0) is 4.79 Å². The Morgan fingerprint density at radius 3 is 2.69 bits per heavy atom. The summed E-state index contributed by atoms with van der Waals surface area (Å²) in [5.74, 6) is 0.271. The number of nitrogens with one attached hydrogen (secondary N) is 3. The van der Waals surface area contributed by atoms with Gasteiger partial charge in [0.05, 0.1) is 19.9 Å². The van der Waals surface area contributed by atoms with Crippen LogP contribution in [0.4, 0.5) is 14.9 Å². The molecule has 0 bridgehead atoms. The van der Waals surface area contributed by atoms with Gasteiger partial charge in [-0.05, 0) is 42.8 Å². The maximum absolute atomic E-state index is 12.6. The number of piperidine rings is 1. The number of anilines is 1. The minimum Gasteiger partial charge on any atom is -0.495 e. The fourth-order valence-corrected chi connectivity index (χ4v) is 3.81. The third kappa shape index (κ3) is 6.80. The van der Waals surface area contributed by atoms with E-state index in [2.05, 4.69) is 20.9 Å². The molecular weight excluding hydrogens is 437 g/mol. The minimum absolute atomic E-state index is 0.00515. The van der Waals surface area contributed by atoms with E-state index in [1.54, 1.807) is 37.6 Å². The number of rotatable bonds is 8. The summed E-state index contributed by atoms with van der Waals surface area (Å²) in [5.41, 5.74) is 1.42. The molecule has 1 fully saturated rings. The van der Waals surface area contributed by atoms with Gasteiger partial charge in [0.2, 0.25) is 5.91 Å². The summed E-state index contributed by atoms with van der Waals surface area (Å²) in [6, 6.07) is 10.0. The van der Waals surface area contributed by atoms with Crippen molar-refractivity contribution in [3.63, 3.8) is 0 Å². The Balaban J connectivity index is 1.69. The summed E-state index contributed by atoms with van der Waals surface area (Å²) in [6.07, 6.45) is 2.26. The minimum atomic E-state index is -0.598. The average Bonchev–Trinajstić information content (AvgIpc) is 2.80. The van der Waals surface area contributed by atoms with Crippen LogP contribution < -0.4 is 20.7 Å². The Morgan fingerprint density at radius 2 is 2.03 bits per heavy atom. The summed E-state index contributed by atoms with van der Waals surface area (Å²) >= 11 is 5.89. The molecule has 1 aromatic heterocycles. The van der Waals surface area contributed by atoms with E-state index in [1.165, 1.54) is 0 Å². The molecule has 3 rings (SSSR count). The van der Waals surface area contributed by atoms with E-state index < -0.39 is 6.67 Å². The molecule has 3 amide bonds. The molecule has 2 heterocycles. The van der Waals surface area contributed by atoms with Gasteiger partial charge in [-0.3, -0.25) is 14.7 Å². The highest BCUT2D eigenvalue weighted by Crippen LogP contribution is 2.27. The van der Waals surface area contributed by atoms with Crippen LogP contribution in [0.3, 0.4) is 0 Å². The predicted molar refractivity (Wildman–Crippen MR) is 121 cm³/mol. The number of halogens is 2. The standard InChI is InChI=1S/C22H27ClFN5O3/c1-32-17-6-7-19(26-12-17)18-13-29(14-21(30)25-10-9-24)11-8-20(18)28-22(31)27-16-4-2-15(23)3-5-16/h2-7,12,18,20H,8-11,13-14H2,1H3,(H,25,30)(H2,27,28,31). The smallest absolute Gasteiger partial charge is 0.319 e. The molecular formula is C22H27ClFN5O3. The molecule has 0 radical (unpaired) electrons. The fraction of sp³-hybridized carbons (Fsp3) is 0.409. The molecule has 0 aliphatic carbocycles. The molecule has 2 unspecified atom stereocenters. The lowest BCUT2D eigenvalue weighted by Gasteiger charge is -2.38. The number of alkyl halides is 1. The van der Waals surface area contributed by atoms with E-state index >= 15 is 0 Å². The molecule has 1 aromatic carbocycles. The lowest BCUT2D eigenvalue weighted by Crippen LogP contribution is -2.52.